The Balaban J connectivity index is 1.16. The van der Waals surface area contributed by atoms with Crippen LogP contribution < -0.4 is 4.90 Å². The van der Waals surface area contributed by atoms with Gasteiger partial charge in [0.15, 0.2) is 0 Å². The molecule has 65 heavy (non-hydrogen) atoms. The number of nitrogens with zero attached hydrogens (tertiary/aromatic N) is 2. The highest BCUT2D eigenvalue weighted by molar-refractivity contribution is 6.11. The van der Waals surface area contributed by atoms with Crippen LogP contribution in [0.1, 0.15) is 25.0 Å². The van der Waals surface area contributed by atoms with Crippen LogP contribution in [0, 0.1) is 0 Å². The molecule has 1 aliphatic rings. The normalized spacial score (nSPS) is 12.6. The third-order valence-corrected chi connectivity index (χ3v) is 13.6. The molecule has 1 aliphatic carbocycles. The van der Waals surface area contributed by atoms with Crippen molar-refractivity contribution >= 4 is 38.9 Å². The van der Waals surface area contributed by atoms with Crippen LogP contribution in [0.4, 0.5) is 17.1 Å². The first kappa shape index (κ1) is 38.5. The van der Waals surface area contributed by atoms with Gasteiger partial charge in [-0.2, -0.15) is 0 Å². The third-order valence-electron chi connectivity index (χ3n) is 13.6. The zero-order valence-corrected chi connectivity index (χ0v) is 36.5. The summed E-state index contributed by atoms with van der Waals surface area (Å²) < 4.78 is 2.42. The molecule has 12 rings (SSSR count). The minimum Gasteiger partial charge on any atom is -0.310 e. The van der Waals surface area contributed by atoms with Gasteiger partial charge in [-0.15, -0.1) is 0 Å². The summed E-state index contributed by atoms with van der Waals surface area (Å²) in [5.74, 6) is 0. The van der Waals surface area contributed by atoms with Gasteiger partial charge in [-0.05, 0) is 110 Å². The predicted octanol–water partition coefficient (Wildman–Crippen LogP) is 17.2. The Morgan fingerprint density at radius 2 is 0.892 bits per heavy atom. The maximum Gasteiger partial charge on any atom is 0.0561 e. The van der Waals surface area contributed by atoms with Crippen molar-refractivity contribution in [3.8, 4) is 61.3 Å². The van der Waals surface area contributed by atoms with E-state index in [9.17, 15) is 0 Å². The fourth-order valence-electron chi connectivity index (χ4n) is 10.7. The Labute approximate surface area is 381 Å². The van der Waals surface area contributed by atoms with Gasteiger partial charge < -0.3 is 9.47 Å². The standard InChI is InChI=1S/C63H46N2/c1-63(2)57-36-16-14-30-52(57)56-35-19-34-51(62(56)63)45-25-18-28-47(41-45)64(48-39-40-54-53-31-15-17-37-58(53)65(60(54)42-48)46-26-10-5-11-27-46)59-38-20-33-50(44-23-8-4-9-24-44)61(59)55-32-13-12-29-49(55)43-21-6-3-7-22-43/h3-42H,1-2H3. The van der Waals surface area contributed by atoms with Crippen molar-refractivity contribution in [2.45, 2.75) is 19.3 Å². The largest absolute Gasteiger partial charge is 0.310 e. The fourth-order valence-corrected chi connectivity index (χ4v) is 10.7. The Bertz CT molecular complexity index is 3560. The van der Waals surface area contributed by atoms with Gasteiger partial charge in [-0.1, -0.05) is 208 Å². The lowest BCUT2D eigenvalue weighted by Crippen LogP contribution is -2.16. The molecule has 11 aromatic rings. The van der Waals surface area contributed by atoms with E-state index in [2.05, 4.69) is 266 Å². The van der Waals surface area contributed by atoms with Gasteiger partial charge in [-0.25, -0.2) is 0 Å². The van der Waals surface area contributed by atoms with E-state index in [4.69, 9.17) is 0 Å². The molecule has 0 atom stereocenters. The highest BCUT2D eigenvalue weighted by Crippen LogP contribution is 2.53. The van der Waals surface area contributed by atoms with Gasteiger partial charge in [0, 0.05) is 38.8 Å². The summed E-state index contributed by atoms with van der Waals surface area (Å²) >= 11 is 0. The van der Waals surface area contributed by atoms with E-state index in [0.717, 1.165) is 28.3 Å². The first-order valence-corrected chi connectivity index (χ1v) is 22.6. The van der Waals surface area contributed by atoms with Gasteiger partial charge in [0.1, 0.15) is 0 Å². The van der Waals surface area contributed by atoms with E-state index in [1.807, 2.05) is 0 Å². The highest BCUT2D eigenvalue weighted by Gasteiger charge is 2.37. The Morgan fingerprint density at radius 1 is 0.354 bits per heavy atom. The van der Waals surface area contributed by atoms with Crippen LogP contribution in [0.5, 0.6) is 0 Å². The topological polar surface area (TPSA) is 8.17 Å². The molecule has 1 aromatic heterocycles. The van der Waals surface area contributed by atoms with Gasteiger partial charge >= 0.3 is 0 Å². The second kappa shape index (κ2) is 15.6. The Hall–Kier alpha value is -8.20. The number of aromatic nitrogens is 1. The fraction of sp³-hybridized carbons (Fsp3) is 0.0476. The van der Waals surface area contributed by atoms with Crippen LogP contribution in [0.3, 0.4) is 0 Å². The summed E-state index contributed by atoms with van der Waals surface area (Å²) in [4.78, 5) is 2.50. The highest BCUT2D eigenvalue weighted by atomic mass is 15.1. The third kappa shape index (κ3) is 6.32. The summed E-state index contributed by atoms with van der Waals surface area (Å²) in [6, 6.07) is 89.0. The maximum absolute atomic E-state index is 2.50. The molecule has 0 aliphatic heterocycles. The smallest absolute Gasteiger partial charge is 0.0561 e. The monoisotopic (exact) mass is 830 g/mol. The van der Waals surface area contributed by atoms with Gasteiger partial charge in [0.05, 0.1) is 16.7 Å². The van der Waals surface area contributed by atoms with E-state index >= 15 is 0 Å². The van der Waals surface area contributed by atoms with E-state index in [1.165, 1.54) is 83.1 Å². The maximum atomic E-state index is 2.50. The Kier molecular flexibility index (Phi) is 9.21. The van der Waals surface area contributed by atoms with Crippen molar-refractivity contribution in [3.05, 3.63) is 254 Å². The Morgan fingerprint density at radius 3 is 1.68 bits per heavy atom. The molecular formula is C63H46N2. The first-order chi connectivity index (χ1) is 32.0. The van der Waals surface area contributed by atoms with Crippen LogP contribution in [0.25, 0.3) is 83.1 Å². The summed E-state index contributed by atoms with van der Waals surface area (Å²) in [6.07, 6.45) is 0. The number of fused-ring (bicyclic) bond motifs is 6. The van der Waals surface area contributed by atoms with E-state index in [0.29, 0.717) is 0 Å². The minimum absolute atomic E-state index is 0.160. The molecule has 0 bridgehead atoms. The first-order valence-electron chi connectivity index (χ1n) is 22.6. The molecule has 0 N–H and O–H groups in total. The van der Waals surface area contributed by atoms with Crippen molar-refractivity contribution in [2.75, 3.05) is 4.90 Å². The molecule has 308 valence electrons. The molecular weight excluding hydrogens is 785 g/mol. The molecule has 0 unspecified atom stereocenters. The molecule has 0 radical (unpaired) electrons. The average Bonchev–Trinajstić information content (AvgIpc) is 3.83. The molecule has 2 nitrogen and oxygen atoms in total. The van der Waals surface area contributed by atoms with E-state index in [1.54, 1.807) is 0 Å². The zero-order valence-electron chi connectivity index (χ0n) is 36.5. The van der Waals surface area contributed by atoms with Gasteiger partial charge in [-0.3, -0.25) is 0 Å². The van der Waals surface area contributed by atoms with Crippen molar-refractivity contribution in [2.24, 2.45) is 0 Å². The van der Waals surface area contributed by atoms with Crippen LogP contribution in [-0.2, 0) is 5.41 Å². The molecule has 1 heterocycles. The molecule has 0 saturated heterocycles. The molecule has 0 spiro atoms. The molecule has 0 saturated carbocycles. The quantitative estimate of drug-likeness (QED) is 0.148. The molecule has 0 amide bonds. The van der Waals surface area contributed by atoms with E-state index in [-0.39, 0.29) is 5.41 Å². The van der Waals surface area contributed by atoms with E-state index < -0.39 is 0 Å². The zero-order chi connectivity index (χ0) is 43.5. The summed E-state index contributed by atoms with van der Waals surface area (Å²) in [5, 5.41) is 2.45. The molecule has 0 fully saturated rings. The number of hydrogen-bond acceptors (Lipinski definition) is 1. The van der Waals surface area contributed by atoms with Gasteiger partial charge in [0.25, 0.3) is 0 Å². The van der Waals surface area contributed by atoms with Crippen molar-refractivity contribution in [1.29, 1.82) is 0 Å². The average molecular weight is 831 g/mol. The lowest BCUT2D eigenvalue weighted by Gasteiger charge is -2.31. The number of hydrogen-bond donors (Lipinski definition) is 0. The summed E-state index contributed by atoms with van der Waals surface area (Å²) in [6.45, 7) is 4.76. The lowest BCUT2D eigenvalue weighted by atomic mass is 9.79. The number of anilines is 3. The second-order valence-corrected chi connectivity index (χ2v) is 17.7. The molecule has 2 heteroatoms. The van der Waals surface area contributed by atoms with Crippen LogP contribution in [-0.4, -0.2) is 4.57 Å². The number of rotatable bonds is 8. The van der Waals surface area contributed by atoms with Gasteiger partial charge in [0.2, 0.25) is 0 Å². The minimum atomic E-state index is -0.160. The summed E-state index contributed by atoms with van der Waals surface area (Å²) in [5.41, 5.74) is 21.5. The van der Waals surface area contributed by atoms with Crippen molar-refractivity contribution in [3.63, 3.8) is 0 Å². The SMILES string of the molecule is CC1(C)c2ccccc2-c2cccc(-c3cccc(N(c4ccc5c6ccccc6n(-c6ccccc6)c5c4)c4cccc(-c5ccccc5)c4-c4ccccc4-c4ccccc4)c3)c21. The van der Waals surface area contributed by atoms with Crippen LogP contribution in [0.15, 0.2) is 243 Å². The van der Waals surface area contributed by atoms with Crippen molar-refractivity contribution in [1.82, 2.24) is 4.57 Å². The van der Waals surface area contributed by atoms with Crippen LogP contribution >= 0.6 is 0 Å². The van der Waals surface area contributed by atoms with Crippen LogP contribution in [0.2, 0.25) is 0 Å². The second-order valence-electron chi connectivity index (χ2n) is 17.7. The number of para-hydroxylation sites is 2. The number of benzene rings is 10. The molecule has 10 aromatic carbocycles. The van der Waals surface area contributed by atoms with Crippen molar-refractivity contribution < 1.29 is 0 Å². The summed E-state index contributed by atoms with van der Waals surface area (Å²) in [7, 11) is 0. The predicted molar refractivity (Wildman–Crippen MR) is 275 cm³/mol. The lowest BCUT2D eigenvalue weighted by molar-refractivity contribution is 0.662.